The highest BCUT2D eigenvalue weighted by Gasteiger charge is 2.09. The van der Waals surface area contributed by atoms with E-state index in [0.29, 0.717) is 0 Å². The highest BCUT2D eigenvalue weighted by molar-refractivity contribution is 5.87. The maximum absolute atomic E-state index is 11.5. The molecule has 88 valence electrons. The lowest BCUT2D eigenvalue weighted by atomic mass is 10.1. The van der Waals surface area contributed by atoms with Crippen LogP contribution >= 0.6 is 0 Å². The molecule has 3 heteroatoms. The largest absolute Gasteiger partial charge is 0.447 e. The Morgan fingerprint density at radius 1 is 1.19 bits per heavy atom. The molecule has 0 aliphatic carbocycles. The third-order valence-electron chi connectivity index (χ3n) is 2.25. The van der Waals surface area contributed by atoms with Gasteiger partial charge in [-0.1, -0.05) is 17.7 Å². The zero-order valence-electron chi connectivity index (χ0n) is 10.5. The second-order valence-electron chi connectivity index (χ2n) is 4.35. The molecular weight excluding hydrogens is 202 g/mol. The van der Waals surface area contributed by atoms with Gasteiger partial charge in [-0.2, -0.15) is 0 Å². The van der Waals surface area contributed by atoms with Crippen LogP contribution in [-0.2, 0) is 4.74 Å². The summed E-state index contributed by atoms with van der Waals surface area (Å²) < 4.78 is 5.04. The van der Waals surface area contributed by atoms with Crippen molar-refractivity contribution >= 4 is 11.8 Å². The summed E-state index contributed by atoms with van der Waals surface area (Å²) in [5.41, 5.74) is 4.14. The van der Waals surface area contributed by atoms with Gasteiger partial charge >= 0.3 is 6.09 Å². The summed E-state index contributed by atoms with van der Waals surface area (Å²) in [5, 5.41) is 2.78. The van der Waals surface area contributed by atoms with E-state index in [9.17, 15) is 4.79 Å². The molecule has 0 saturated carbocycles. The summed E-state index contributed by atoms with van der Waals surface area (Å²) in [6.45, 7) is 9.65. The topological polar surface area (TPSA) is 38.3 Å². The first-order valence-corrected chi connectivity index (χ1v) is 5.45. The van der Waals surface area contributed by atoms with Gasteiger partial charge in [0.2, 0.25) is 0 Å². The summed E-state index contributed by atoms with van der Waals surface area (Å²) in [6, 6.07) is 4.08. The molecule has 0 aromatic heterocycles. The van der Waals surface area contributed by atoms with E-state index >= 15 is 0 Å². The molecule has 16 heavy (non-hydrogen) atoms. The number of amides is 1. The van der Waals surface area contributed by atoms with Crippen molar-refractivity contribution < 1.29 is 9.53 Å². The van der Waals surface area contributed by atoms with E-state index in [-0.39, 0.29) is 6.10 Å². The highest BCUT2D eigenvalue weighted by atomic mass is 16.6. The van der Waals surface area contributed by atoms with Gasteiger partial charge in [0.25, 0.3) is 0 Å². The average molecular weight is 221 g/mol. The molecule has 0 aliphatic rings. The maximum atomic E-state index is 11.5. The van der Waals surface area contributed by atoms with Crippen LogP contribution in [0.1, 0.15) is 30.5 Å². The Morgan fingerprint density at radius 2 is 1.69 bits per heavy atom. The van der Waals surface area contributed by atoms with Crippen LogP contribution in [0.3, 0.4) is 0 Å². The second kappa shape index (κ2) is 5.01. The lowest BCUT2D eigenvalue weighted by Gasteiger charge is -2.14. The van der Waals surface area contributed by atoms with Crippen LogP contribution in [-0.4, -0.2) is 12.2 Å². The fraction of sp³-hybridized carbons (Fsp3) is 0.462. The summed E-state index contributed by atoms with van der Waals surface area (Å²) in [6.07, 6.45) is -0.504. The van der Waals surface area contributed by atoms with Gasteiger partial charge in [0, 0.05) is 5.69 Å². The lowest BCUT2D eigenvalue weighted by Crippen LogP contribution is -2.19. The van der Waals surface area contributed by atoms with Crippen LogP contribution in [0.5, 0.6) is 0 Å². The van der Waals surface area contributed by atoms with Gasteiger partial charge in [-0.25, -0.2) is 4.79 Å². The van der Waals surface area contributed by atoms with Crippen molar-refractivity contribution in [3.63, 3.8) is 0 Å². The molecule has 0 radical (unpaired) electrons. The Hall–Kier alpha value is -1.51. The first-order chi connectivity index (χ1) is 7.40. The molecule has 1 N–H and O–H groups in total. The van der Waals surface area contributed by atoms with Gasteiger partial charge in [-0.15, -0.1) is 0 Å². The number of hydrogen-bond acceptors (Lipinski definition) is 2. The van der Waals surface area contributed by atoms with Gasteiger partial charge in [0.1, 0.15) is 0 Å². The quantitative estimate of drug-likeness (QED) is 0.829. The van der Waals surface area contributed by atoms with Gasteiger partial charge in [0.15, 0.2) is 0 Å². The van der Waals surface area contributed by atoms with E-state index in [2.05, 4.69) is 5.32 Å². The first-order valence-electron chi connectivity index (χ1n) is 5.45. The van der Waals surface area contributed by atoms with Crippen molar-refractivity contribution in [3.05, 3.63) is 28.8 Å². The highest BCUT2D eigenvalue weighted by Crippen LogP contribution is 2.22. The van der Waals surface area contributed by atoms with Crippen molar-refractivity contribution in [2.45, 2.75) is 40.7 Å². The zero-order chi connectivity index (χ0) is 12.3. The fourth-order valence-corrected chi connectivity index (χ4v) is 1.72. The molecular formula is C13H19NO2. The number of ether oxygens (including phenoxy) is 1. The number of nitrogens with one attached hydrogen (secondary N) is 1. The Bertz CT molecular complexity index is 374. The average Bonchev–Trinajstić information content (AvgIpc) is 2.09. The van der Waals surface area contributed by atoms with E-state index in [1.54, 1.807) is 0 Å². The second-order valence-corrected chi connectivity index (χ2v) is 4.35. The predicted molar refractivity (Wildman–Crippen MR) is 65.9 cm³/mol. The molecule has 0 bridgehead atoms. The SMILES string of the molecule is Cc1cc(C)c(NC(=O)OC(C)C)c(C)c1. The standard InChI is InChI=1S/C13H19NO2/c1-8(2)16-13(15)14-12-10(4)6-9(3)7-11(12)5/h6-8H,1-5H3,(H,14,15). The molecule has 0 fully saturated rings. The monoisotopic (exact) mass is 221 g/mol. The van der Waals surface area contributed by atoms with Crippen LogP contribution in [0, 0.1) is 20.8 Å². The Kier molecular flexibility index (Phi) is 3.93. The van der Waals surface area contributed by atoms with E-state index in [1.165, 1.54) is 5.56 Å². The minimum atomic E-state index is -0.398. The van der Waals surface area contributed by atoms with Gasteiger partial charge in [-0.3, -0.25) is 5.32 Å². The molecule has 0 saturated heterocycles. The molecule has 0 heterocycles. The zero-order valence-corrected chi connectivity index (χ0v) is 10.5. The Balaban J connectivity index is 2.85. The van der Waals surface area contributed by atoms with Crippen LogP contribution in [0.15, 0.2) is 12.1 Å². The minimum Gasteiger partial charge on any atom is -0.447 e. The van der Waals surface area contributed by atoms with Crippen molar-refractivity contribution in [2.24, 2.45) is 0 Å². The Labute approximate surface area is 96.8 Å². The number of rotatable bonds is 2. The molecule has 0 spiro atoms. The molecule has 0 aliphatic heterocycles. The number of anilines is 1. The Morgan fingerprint density at radius 3 is 2.12 bits per heavy atom. The number of benzene rings is 1. The fourth-order valence-electron chi connectivity index (χ4n) is 1.72. The van der Waals surface area contributed by atoms with Crippen LogP contribution in [0.2, 0.25) is 0 Å². The van der Waals surface area contributed by atoms with E-state index in [4.69, 9.17) is 4.74 Å². The van der Waals surface area contributed by atoms with Crippen molar-refractivity contribution in [1.29, 1.82) is 0 Å². The van der Waals surface area contributed by atoms with Crippen molar-refractivity contribution in [2.75, 3.05) is 5.32 Å². The molecule has 0 atom stereocenters. The smallest absolute Gasteiger partial charge is 0.411 e. The molecule has 1 amide bonds. The van der Waals surface area contributed by atoms with Crippen molar-refractivity contribution in [1.82, 2.24) is 0 Å². The van der Waals surface area contributed by atoms with Crippen molar-refractivity contribution in [3.8, 4) is 0 Å². The maximum Gasteiger partial charge on any atom is 0.411 e. The van der Waals surface area contributed by atoms with E-state index in [1.807, 2.05) is 46.8 Å². The van der Waals surface area contributed by atoms with Gasteiger partial charge in [-0.05, 0) is 45.7 Å². The summed E-state index contributed by atoms with van der Waals surface area (Å²) in [7, 11) is 0. The minimum absolute atomic E-state index is 0.105. The first kappa shape index (κ1) is 12.6. The summed E-state index contributed by atoms with van der Waals surface area (Å²) in [5.74, 6) is 0. The number of hydrogen-bond donors (Lipinski definition) is 1. The third-order valence-corrected chi connectivity index (χ3v) is 2.25. The molecule has 1 aromatic rings. The molecule has 0 unspecified atom stereocenters. The van der Waals surface area contributed by atoms with E-state index in [0.717, 1.165) is 16.8 Å². The van der Waals surface area contributed by atoms with E-state index < -0.39 is 6.09 Å². The van der Waals surface area contributed by atoms with Crippen LogP contribution in [0.25, 0.3) is 0 Å². The summed E-state index contributed by atoms with van der Waals surface area (Å²) >= 11 is 0. The van der Waals surface area contributed by atoms with Crippen LogP contribution in [0.4, 0.5) is 10.5 Å². The predicted octanol–water partition coefficient (Wildman–Crippen LogP) is 3.57. The van der Waals surface area contributed by atoms with Gasteiger partial charge < -0.3 is 4.74 Å². The summed E-state index contributed by atoms with van der Waals surface area (Å²) in [4.78, 5) is 11.5. The van der Waals surface area contributed by atoms with Gasteiger partial charge in [0.05, 0.1) is 6.10 Å². The number of carbonyl (C=O) groups is 1. The normalized spacial score (nSPS) is 10.4. The lowest BCUT2D eigenvalue weighted by molar-refractivity contribution is 0.130. The molecule has 3 nitrogen and oxygen atoms in total. The third kappa shape index (κ3) is 3.26. The molecule has 1 rings (SSSR count). The number of aryl methyl sites for hydroxylation is 3. The molecule has 1 aromatic carbocycles. The van der Waals surface area contributed by atoms with Crippen LogP contribution < -0.4 is 5.32 Å². The number of carbonyl (C=O) groups excluding carboxylic acids is 1.